The Balaban J connectivity index is 1.50. The molecule has 1 atom stereocenters. The quantitative estimate of drug-likeness (QED) is 0.283. The second-order valence-electron chi connectivity index (χ2n) is 8.12. The summed E-state index contributed by atoms with van der Waals surface area (Å²) >= 11 is 1.29. The third-order valence-electron chi connectivity index (χ3n) is 5.93. The van der Waals surface area contributed by atoms with Crippen LogP contribution in [-0.4, -0.2) is 25.6 Å². The highest BCUT2D eigenvalue weighted by Crippen LogP contribution is 2.37. The Bertz CT molecular complexity index is 1310. The number of esters is 1. The van der Waals surface area contributed by atoms with Crippen LogP contribution >= 0.6 is 11.3 Å². The van der Waals surface area contributed by atoms with Gasteiger partial charge in [-0.1, -0.05) is 68.4 Å². The first-order valence-electron chi connectivity index (χ1n) is 11.2. The summed E-state index contributed by atoms with van der Waals surface area (Å²) in [6, 6.07) is 21.8. The number of amides is 1. The molecular formula is C28H27NO4S. The number of benzene rings is 3. The SMILES string of the molecule is CC[C@H](C)c1ccc(-c2csc(NC(=O)COc3ccc4ccccc4c3)c2C(=O)OC)cc1. The third kappa shape index (κ3) is 5.13. The standard InChI is InChI=1S/C28H27NO4S/c1-4-18(2)19-9-11-21(12-10-19)24-17-34-27(26(24)28(31)32-3)29-25(30)16-33-23-14-13-20-7-5-6-8-22(20)15-23/h5-15,17-18H,4,16H2,1-3H3,(H,29,30)/t18-/m0/s1. The smallest absolute Gasteiger partial charge is 0.341 e. The number of carbonyl (C=O) groups excluding carboxylic acids is 2. The molecule has 4 rings (SSSR count). The summed E-state index contributed by atoms with van der Waals surface area (Å²) < 4.78 is 10.7. The minimum Gasteiger partial charge on any atom is -0.484 e. The zero-order valence-corrected chi connectivity index (χ0v) is 20.3. The summed E-state index contributed by atoms with van der Waals surface area (Å²) in [5, 5.41) is 7.27. The first kappa shape index (κ1) is 23.5. The van der Waals surface area contributed by atoms with Crippen LogP contribution in [0.5, 0.6) is 5.75 Å². The van der Waals surface area contributed by atoms with Crippen LogP contribution in [0.2, 0.25) is 0 Å². The van der Waals surface area contributed by atoms with Crippen LogP contribution < -0.4 is 10.1 Å². The van der Waals surface area contributed by atoms with Gasteiger partial charge in [0.05, 0.1) is 7.11 Å². The monoisotopic (exact) mass is 473 g/mol. The Labute approximate surface area is 203 Å². The number of thiophene rings is 1. The van der Waals surface area contributed by atoms with Gasteiger partial charge >= 0.3 is 5.97 Å². The van der Waals surface area contributed by atoms with Gasteiger partial charge in [0.15, 0.2) is 6.61 Å². The van der Waals surface area contributed by atoms with Crippen molar-refractivity contribution in [1.29, 1.82) is 0 Å². The molecule has 34 heavy (non-hydrogen) atoms. The second kappa shape index (κ2) is 10.5. The average Bonchev–Trinajstić information content (AvgIpc) is 3.29. The maximum Gasteiger partial charge on any atom is 0.341 e. The van der Waals surface area contributed by atoms with Gasteiger partial charge in [-0.15, -0.1) is 11.3 Å². The van der Waals surface area contributed by atoms with Crippen molar-refractivity contribution >= 4 is 39.0 Å². The summed E-state index contributed by atoms with van der Waals surface area (Å²) in [4.78, 5) is 25.2. The molecule has 1 aromatic heterocycles. The van der Waals surface area contributed by atoms with Crippen molar-refractivity contribution in [1.82, 2.24) is 0 Å². The average molecular weight is 474 g/mol. The van der Waals surface area contributed by atoms with Crippen molar-refractivity contribution in [3.05, 3.63) is 83.2 Å². The molecule has 0 aliphatic heterocycles. The number of carbonyl (C=O) groups is 2. The first-order chi connectivity index (χ1) is 16.5. The fourth-order valence-corrected chi connectivity index (χ4v) is 4.74. The van der Waals surface area contributed by atoms with Crippen LogP contribution in [0.1, 0.15) is 42.1 Å². The largest absolute Gasteiger partial charge is 0.484 e. The van der Waals surface area contributed by atoms with Gasteiger partial charge in [-0.05, 0) is 46.4 Å². The second-order valence-corrected chi connectivity index (χ2v) is 9.00. The van der Waals surface area contributed by atoms with E-state index in [0.29, 0.717) is 22.2 Å². The van der Waals surface area contributed by atoms with E-state index in [9.17, 15) is 9.59 Å². The molecule has 1 amide bonds. The molecule has 0 unspecified atom stereocenters. The predicted molar refractivity (Wildman–Crippen MR) is 138 cm³/mol. The van der Waals surface area contributed by atoms with Gasteiger partial charge in [0, 0.05) is 10.9 Å². The van der Waals surface area contributed by atoms with Crippen LogP contribution in [0.3, 0.4) is 0 Å². The minimum absolute atomic E-state index is 0.171. The van der Waals surface area contributed by atoms with Gasteiger partial charge in [-0.2, -0.15) is 0 Å². The van der Waals surface area contributed by atoms with Crippen molar-refractivity contribution in [3.63, 3.8) is 0 Å². The lowest BCUT2D eigenvalue weighted by Gasteiger charge is -2.11. The number of rotatable bonds is 8. The van der Waals surface area contributed by atoms with E-state index in [2.05, 4.69) is 31.3 Å². The molecule has 0 radical (unpaired) electrons. The topological polar surface area (TPSA) is 64.6 Å². The molecule has 0 aliphatic carbocycles. The predicted octanol–water partition coefficient (Wildman–Crippen LogP) is 6.89. The van der Waals surface area contributed by atoms with Crippen LogP contribution in [0.25, 0.3) is 21.9 Å². The van der Waals surface area contributed by atoms with Gasteiger partial charge in [0.2, 0.25) is 0 Å². The number of hydrogen-bond donors (Lipinski definition) is 1. The van der Waals surface area contributed by atoms with Crippen molar-refractivity contribution in [2.75, 3.05) is 19.0 Å². The molecule has 3 aromatic carbocycles. The van der Waals surface area contributed by atoms with Crippen LogP contribution in [-0.2, 0) is 9.53 Å². The Hall–Kier alpha value is -3.64. The lowest BCUT2D eigenvalue weighted by Crippen LogP contribution is -2.21. The summed E-state index contributed by atoms with van der Waals surface area (Å²) in [7, 11) is 1.34. The van der Waals surface area contributed by atoms with E-state index < -0.39 is 5.97 Å². The lowest BCUT2D eigenvalue weighted by molar-refractivity contribution is -0.118. The highest BCUT2D eigenvalue weighted by atomic mass is 32.1. The van der Waals surface area contributed by atoms with E-state index in [0.717, 1.165) is 28.3 Å². The number of methoxy groups -OCH3 is 1. The molecular weight excluding hydrogens is 446 g/mol. The van der Waals surface area contributed by atoms with Gasteiger partial charge < -0.3 is 14.8 Å². The van der Waals surface area contributed by atoms with E-state index in [1.807, 2.05) is 60.0 Å². The van der Waals surface area contributed by atoms with Crippen LogP contribution in [0, 0.1) is 0 Å². The van der Waals surface area contributed by atoms with Crippen molar-refractivity contribution < 1.29 is 19.1 Å². The Morgan fingerprint density at radius 2 is 1.74 bits per heavy atom. The number of ether oxygens (including phenoxy) is 2. The zero-order valence-electron chi connectivity index (χ0n) is 19.5. The van der Waals surface area contributed by atoms with E-state index in [-0.39, 0.29) is 12.5 Å². The maximum atomic E-state index is 12.6. The zero-order chi connectivity index (χ0) is 24.1. The summed E-state index contributed by atoms with van der Waals surface area (Å²) in [5.74, 6) is 0.233. The van der Waals surface area contributed by atoms with E-state index >= 15 is 0 Å². The number of nitrogens with one attached hydrogen (secondary N) is 1. The van der Waals surface area contributed by atoms with Crippen molar-refractivity contribution in [2.45, 2.75) is 26.2 Å². The lowest BCUT2D eigenvalue weighted by atomic mass is 9.95. The van der Waals surface area contributed by atoms with Crippen molar-refractivity contribution in [3.8, 4) is 16.9 Å². The van der Waals surface area contributed by atoms with E-state index in [4.69, 9.17) is 9.47 Å². The molecule has 4 aromatic rings. The van der Waals surface area contributed by atoms with Crippen LogP contribution in [0.4, 0.5) is 5.00 Å². The minimum atomic E-state index is -0.493. The van der Waals surface area contributed by atoms with Crippen LogP contribution in [0.15, 0.2) is 72.1 Å². The Kier molecular flexibility index (Phi) is 7.28. The fourth-order valence-electron chi connectivity index (χ4n) is 3.76. The first-order valence-corrected chi connectivity index (χ1v) is 12.1. The number of hydrogen-bond acceptors (Lipinski definition) is 5. The van der Waals surface area contributed by atoms with E-state index in [1.54, 1.807) is 0 Å². The van der Waals surface area contributed by atoms with Crippen molar-refractivity contribution in [2.24, 2.45) is 0 Å². The van der Waals surface area contributed by atoms with Gasteiger partial charge in [-0.25, -0.2) is 4.79 Å². The number of anilines is 1. The highest BCUT2D eigenvalue weighted by Gasteiger charge is 2.22. The molecule has 0 saturated carbocycles. The van der Waals surface area contributed by atoms with Gasteiger partial charge in [-0.3, -0.25) is 4.79 Å². The fraction of sp³-hybridized carbons (Fsp3) is 0.214. The molecule has 0 fully saturated rings. The van der Waals surface area contributed by atoms with E-state index in [1.165, 1.54) is 24.0 Å². The number of fused-ring (bicyclic) bond motifs is 1. The molecule has 0 bridgehead atoms. The summed E-state index contributed by atoms with van der Waals surface area (Å²) in [5.41, 5.74) is 3.23. The molecule has 0 aliphatic rings. The Morgan fingerprint density at radius 3 is 2.44 bits per heavy atom. The molecule has 1 N–H and O–H groups in total. The molecule has 1 heterocycles. The third-order valence-corrected chi connectivity index (χ3v) is 6.82. The highest BCUT2D eigenvalue weighted by molar-refractivity contribution is 7.15. The molecule has 174 valence electrons. The molecule has 5 nitrogen and oxygen atoms in total. The normalized spacial score (nSPS) is 11.7. The molecule has 0 spiro atoms. The maximum absolute atomic E-state index is 12.6. The summed E-state index contributed by atoms with van der Waals surface area (Å²) in [6.07, 6.45) is 1.06. The van der Waals surface area contributed by atoms with Gasteiger partial charge in [0.25, 0.3) is 5.91 Å². The molecule has 6 heteroatoms. The molecule has 0 saturated heterocycles. The summed E-state index contributed by atoms with van der Waals surface area (Å²) in [6.45, 7) is 4.17. The Morgan fingerprint density at radius 1 is 1.00 bits per heavy atom. The van der Waals surface area contributed by atoms with Gasteiger partial charge in [0.1, 0.15) is 16.3 Å².